The number of fused-ring (bicyclic) bond motifs is 1. The Morgan fingerprint density at radius 3 is 1.42 bits per heavy atom. The van der Waals surface area contributed by atoms with Crippen LogP contribution in [0, 0.1) is 46.8 Å². The van der Waals surface area contributed by atoms with Gasteiger partial charge in [0, 0.05) is 11.6 Å². The Balaban J connectivity index is 0.00000162. The molecule has 19 heavy (non-hydrogen) atoms. The molecular weight excluding hydrogens is 404 g/mol. The van der Waals surface area contributed by atoms with Crippen LogP contribution in [0.25, 0.3) is 10.8 Å². The van der Waals surface area contributed by atoms with Crippen LogP contribution in [0.4, 0.5) is 30.7 Å². The van der Waals surface area contributed by atoms with E-state index in [0.29, 0.717) is 0 Å². The zero-order valence-electron chi connectivity index (χ0n) is 8.73. The van der Waals surface area contributed by atoms with E-state index >= 15 is 0 Å². The average molecular weight is 404 g/mol. The number of benzene rings is 2. The van der Waals surface area contributed by atoms with E-state index in [1.807, 2.05) is 0 Å². The van der Waals surface area contributed by atoms with E-state index in [9.17, 15) is 30.7 Å². The number of hydrogen-bond donors (Lipinski definition) is 0. The van der Waals surface area contributed by atoms with Crippen LogP contribution in [0.3, 0.4) is 0 Å². The van der Waals surface area contributed by atoms with Gasteiger partial charge in [-0.15, -0.1) is 6.07 Å². The van der Waals surface area contributed by atoms with Crippen LogP contribution < -0.4 is 24.0 Å². The Hall–Kier alpha value is -0.294. The van der Waals surface area contributed by atoms with E-state index in [0.717, 1.165) is 6.07 Å². The standard InChI is InChI=1S/C10F7.HI.Mg/c11-2-1-3(12)6(13)5-4(2)7(14)9(16)10(17)8(5)15;;/h;1H;/q-1;;+2/p-1. The molecule has 0 saturated carbocycles. The van der Waals surface area contributed by atoms with Gasteiger partial charge in [-0.3, -0.25) is 4.39 Å². The van der Waals surface area contributed by atoms with E-state index in [1.165, 1.54) is 0 Å². The van der Waals surface area contributed by atoms with Crippen molar-refractivity contribution in [1.29, 1.82) is 0 Å². The predicted molar refractivity (Wildman–Crippen MR) is 48.2 cm³/mol. The normalized spacial score (nSPS) is 10.1. The second-order valence-corrected chi connectivity index (χ2v) is 3.07. The molecule has 0 aliphatic heterocycles. The summed E-state index contributed by atoms with van der Waals surface area (Å²) in [6.45, 7) is 0. The quantitative estimate of drug-likeness (QED) is 0.147. The van der Waals surface area contributed by atoms with Gasteiger partial charge in [0.25, 0.3) is 0 Å². The molecule has 2 rings (SSSR count). The fourth-order valence-corrected chi connectivity index (χ4v) is 1.37. The monoisotopic (exact) mass is 404 g/mol. The topological polar surface area (TPSA) is 0 Å². The molecule has 9 heteroatoms. The summed E-state index contributed by atoms with van der Waals surface area (Å²) in [4.78, 5) is 0. The van der Waals surface area contributed by atoms with Gasteiger partial charge in [0.1, 0.15) is 11.6 Å². The van der Waals surface area contributed by atoms with E-state index < -0.39 is 51.5 Å². The Bertz CT molecular complexity index is 644. The summed E-state index contributed by atoms with van der Waals surface area (Å²) in [6.07, 6.45) is 0. The molecule has 0 unspecified atom stereocenters. The van der Waals surface area contributed by atoms with Crippen molar-refractivity contribution >= 4 is 33.8 Å². The van der Waals surface area contributed by atoms with Crippen LogP contribution >= 0.6 is 0 Å². The summed E-state index contributed by atoms with van der Waals surface area (Å²) < 4.78 is 90.4. The van der Waals surface area contributed by atoms with Crippen molar-refractivity contribution in [2.75, 3.05) is 0 Å². The van der Waals surface area contributed by atoms with Crippen molar-refractivity contribution < 1.29 is 54.7 Å². The summed E-state index contributed by atoms with van der Waals surface area (Å²) in [7, 11) is 0. The molecule has 0 aliphatic rings. The summed E-state index contributed by atoms with van der Waals surface area (Å²) in [5, 5.41) is -3.16. The minimum atomic E-state index is -2.35. The molecule has 0 fully saturated rings. The number of hydrogen-bond acceptors (Lipinski definition) is 0. The van der Waals surface area contributed by atoms with Gasteiger partial charge in [-0.1, -0.05) is 0 Å². The van der Waals surface area contributed by atoms with Gasteiger partial charge in [-0.25, -0.2) is 26.3 Å². The maximum atomic E-state index is 13.1. The molecule has 2 aromatic carbocycles. The van der Waals surface area contributed by atoms with Crippen LogP contribution in [0.15, 0.2) is 0 Å². The predicted octanol–water partition coefficient (Wildman–Crippen LogP) is 0.237. The van der Waals surface area contributed by atoms with Crippen LogP contribution in [0.5, 0.6) is 0 Å². The number of halogens is 8. The van der Waals surface area contributed by atoms with Gasteiger partial charge in [-0.2, -0.15) is 0 Å². The Morgan fingerprint density at radius 1 is 0.526 bits per heavy atom. The van der Waals surface area contributed by atoms with Gasteiger partial charge < -0.3 is 24.0 Å². The van der Waals surface area contributed by atoms with Crippen molar-refractivity contribution in [3.05, 3.63) is 46.8 Å². The van der Waals surface area contributed by atoms with Gasteiger partial charge >= 0.3 is 23.1 Å². The first kappa shape index (κ1) is 18.7. The molecule has 0 radical (unpaired) electrons. The summed E-state index contributed by atoms with van der Waals surface area (Å²) in [5.41, 5.74) is 0. The fraction of sp³-hybridized carbons (Fsp3) is 0. The van der Waals surface area contributed by atoms with E-state index in [2.05, 4.69) is 0 Å². The van der Waals surface area contributed by atoms with Crippen LogP contribution in [-0.2, 0) is 0 Å². The van der Waals surface area contributed by atoms with Gasteiger partial charge in [0.15, 0.2) is 11.6 Å². The molecular formula is C10F7IMg. The maximum absolute atomic E-state index is 13.1. The van der Waals surface area contributed by atoms with Gasteiger partial charge in [0.2, 0.25) is 0 Å². The van der Waals surface area contributed by atoms with Gasteiger partial charge in [0.05, 0.1) is 5.82 Å². The minimum absolute atomic E-state index is 0. The first-order valence-electron chi connectivity index (χ1n) is 4.07. The number of rotatable bonds is 0. The molecule has 0 bridgehead atoms. The molecule has 0 spiro atoms. The van der Waals surface area contributed by atoms with E-state index in [-0.39, 0.29) is 47.0 Å². The zero-order valence-corrected chi connectivity index (χ0v) is 12.3. The smallest absolute Gasteiger partial charge is 1.00 e. The molecule has 0 heterocycles. The molecule has 2 aromatic rings. The largest absolute Gasteiger partial charge is 2.00 e. The van der Waals surface area contributed by atoms with E-state index in [4.69, 9.17) is 0 Å². The Labute approximate surface area is 135 Å². The third-order valence-electron chi connectivity index (χ3n) is 2.12. The SMILES string of the molecule is Fc1[c-]c(F)c2c(F)c(F)c(F)c(F)c2c1F.[I-].[Mg+2]. The third-order valence-corrected chi connectivity index (χ3v) is 2.12. The maximum Gasteiger partial charge on any atom is 2.00 e. The molecule has 98 valence electrons. The van der Waals surface area contributed by atoms with Crippen molar-refractivity contribution in [2.45, 2.75) is 0 Å². The summed E-state index contributed by atoms with van der Waals surface area (Å²) in [5.74, 6) is -14.9. The fourth-order valence-electron chi connectivity index (χ4n) is 1.37. The molecule has 0 amide bonds. The summed E-state index contributed by atoms with van der Waals surface area (Å²) >= 11 is 0. The molecule has 0 aromatic heterocycles. The minimum Gasteiger partial charge on any atom is -1.00 e. The van der Waals surface area contributed by atoms with Crippen molar-refractivity contribution in [1.82, 2.24) is 0 Å². The molecule has 0 saturated heterocycles. The molecule has 0 aliphatic carbocycles. The Kier molecular flexibility index (Phi) is 6.34. The molecule has 0 nitrogen and oxygen atoms in total. The second kappa shape index (κ2) is 6.44. The van der Waals surface area contributed by atoms with Crippen molar-refractivity contribution in [3.8, 4) is 0 Å². The molecule has 0 atom stereocenters. The van der Waals surface area contributed by atoms with Crippen molar-refractivity contribution in [2.24, 2.45) is 0 Å². The average Bonchev–Trinajstić information content (AvgIpc) is 2.28. The van der Waals surface area contributed by atoms with Gasteiger partial charge in [-0.05, 0) is 10.8 Å². The first-order chi connectivity index (χ1) is 7.86. The van der Waals surface area contributed by atoms with Crippen LogP contribution in [0.2, 0.25) is 0 Å². The third kappa shape index (κ3) is 2.77. The zero-order chi connectivity index (χ0) is 12.9. The van der Waals surface area contributed by atoms with E-state index in [1.54, 1.807) is 0 Å². The van der Waals surface area contributed by atoms with Crippen LogP contribution in [0.1, 0.15) is 0 Å². The van der Waals surface area contributed by atoms with Crippen molar-refractivity contribution in [3.63, 3.8) is 0 Å². The molecule has 0 N–H and O–H groups in total. The van der Waals surface area contributed by atoms with Crippen LogP contribution in [-0.4, -0.2) is 23.1 Å². The summed E-state index contributed by atoms with van der Waals surface area (Å²) in [6, 6.07) is 1.09. The first-order valence-corrected chi connectivity index (χ1v) is 4.07. The second-order valence-electron chi connectivity index (χ2n) is 3.07. The Morgan fingerprint density at radius 2 is 0.947 bits per heavy atom.